The Morgan fingerprint density at radius 1 is 0.824 bits per heavy atom. The van der Waals surface area contributed by atoms with Crippen LogP contribution >= 0.6 is 0 Å². The van der Waals surface area contributed by atoms with Crippen molar-refractivity contribution in [3.8, 4) is 0 Å². The van der Waals surface area contributed by atoms with E-state index in [0.717, 1.165) is 37.2 Å². The molecule has 2 heterocycles. The van der Waals surface area contributed by atoms with Crippen molar-refractivity contribution in [2.75, 3.05) is 7.11 Å². The number of carbonyl (C=O) groups is 2. The number of amides is 2. The van der Waals surface area contributed by atoms with Gasteiger partial charge in [0.15, 0.2) is 0 Å². The van der Waals surface area contributed by atoms with Crippen LogP contribution in [-0.4, -0.2) is 36.1 Å². The Morgan fingerprint density at radius 2 is 1.32 bits per heavy atom. The Morgan fingerprint density at radius 3 is 1.79 bits per heavy atom. The van der Waals surface area contributed by atoms with Crippen molar-refractivity contribution in [2.45, 2.75) is 104 Å². The third-order valence-corrected chi connectivity index (χ3v) is 6.80. The van der Waals surface area contributed by atoms with Crippen molar-refractivity contribution in [2.24, 2.45) is 0 Å². The van der Waals surface area contributed by atoms with Crippen LogP contribution in [0.15, 0.2) is 21.0 Å². The van der Waals surface area contributed by atoms with Crippen LogP contribution in [-0.2, 0) is 4.84 Å². The molecule has 0 aromatic carbocycles. The number of nitrogens with one attached hydrogen (secondary N) is 1. The van der Waals surface area contributed by atoms with Gasteiger partial charge in [0, 0.05) is 6.04 Å². The second kappa shape index (κ2) is 12.2. The van der Waals surface area contributed by atoms with Crippen LogP contribution in [0.25, 0.3) is 0 Å². The summed E-state index contributed by atoms with van der Waals surface area (Å²) in [6.07, 6.45) is 11.6. The van der Waals surface area contributed by atoms with Gasteiger partial charge in [-0.3, -0.25) is 14.4 Å². The van der Waals surface area contributed by atoms with E-state index in [2.05, 4.69) is 5.32 Å². The molecule has 2 amide bonds. The maximum atomic E-state index is 12.5. The van der Waals surface area contributed by atoms with E-state index in [1.165, 1.54) is 43.6 Å². The molecule has 2 saturated carbocycles. The van der Waals surface area contributed by atoms with E-state index < -0.39 is 0 Å². The first-order valence-electron chi connectivity index (χ1n) is 12.6. The summed E-state index contributed by atoms with van der Waals surface area (Å²) in [4.78, 5) is 29.7. The van der Waals surface area contributed by atoms with Gasteiger partial charge in [0.05, 0.1) is 24.3 Å². The van der Waals surface area contributed by atoms with Gasteiger partial charge >= 0.3 is 0 Å². The summed E-state index contributed by atoms with van der Waals surface area (Å²) in [7, 11) is 1.56. The Kier molecular flexibility index (Phi) is 9.39. The fourth-order valence-corrected chi connectivity index (χ4v) is 5.04. The summed E-state index contributed by atoms with van der Waals surface area (Å²) in [6, 6.07) is 4.15. The predicted octanol–water partition coefficient (Wildman–Crippen LogP) is 6.19. The van der Waals surface area contributed by atoms with Crippen molar-refractivity contribution in [1.29, 1.82) is 0 Å². The highest BCUT2D eigenvalue weighted by atomic mass is 16.7. The van der Waals surface area contributed by atoms with E-state index in [1.807, 2.05) is 33.8 Å². The Bertz CT molecular complexity index is 948. The second-order valence-electron chi connectivity index (χ2n) is 9.57. The molecule has 4 rings (SSSR count). The highest BCUT2D eigenvalue weighted by Crippen LogP contribution is 2.25. The van der Waals surface area contributed by atoms with E-state index in [-0.39, 0.29) is 17.9 Å². The molecule has 0 aliphatic heterocycles. The van der Waals surface area contributed by atoms with Gasteiger partial charge < -0.3 is 14.2 Å². The molecule has 2 aromatic rings. The predicted molar refractivity (Wildman–Crippen MR) is 131 cm³/mol. The van der Waals surface area contributed by atoms with E-state index in [1.54, 1.807) is 13.2 Å². The van der Waals surface area contributed by atoms with E-state index >= 15 is 0 Å². The molecular formula is C27H40N2O5. The number of aryl methyl sites for hydroxylation is 4. The molecule has 0 spiro atoms. The van der Waals surface area contributed by atoms with Gasteiger partial charge in [-0.1, -0.05) is 38.5 Å². The van der Waals surface area contributed by atoms with E-state index in [0.29, 0.717) is 28.7 Å². The van der Waals surface area contributed by atoms with Crippen LogP contribution in [0, 0.1) is 27.7 Å². The molecule has 1 N–H and O–H groups in total. The highest BCUT2D eigenvalue weighted by molar-refractivity contribution is 5.95. The molecule has 2 aliphatic carbocycles. The molecule has 7 nitrogen and oxygen atoms in total. The number of carbonyl (C=O) groups excluding carboxylic acids is 2. The molecule has 7 heteroatoms. The second-order valence-corrected chi connectivity index (χ2v) is 9.57. The third-order valence-electron chi connectivity index (χ3n) is 6.80. The molecule has 0 atom stereocenters. The topological polar surface area (TPSA) is 84.9 Å². The van der Waals surface area contributed by atoms with Crippen molar-refractivity contribution in [1.82, 2.24) is 10.4 Å². The fourth-order valence-electron chi connectivity index (χ4n) is 5.04. The van der Waals surface area contributed by atoms with Crippen LogP contribution in [0.5, 0.6) is 0 Å². The fraction of sp³-hybridized carbons (Fsp3) is 0.630. The molecular weight excluding hydrogens is 432 g/mol. The minimum atomic E-state index is -0.0845. The molecule has 2 aliphatic rings. The Balaban J connectivity index is 0.000000192. The monoisotopic (exact) mass is 472 g/mol. The maximum Gasteiger partial charge on any atom is 0.281 e. The van der Waals surface area contributed by atoms with Crippen LogP contribution in [0.4, 0.5) is 0 Å². The first kappa shape index (κ1) is 26.1. The lowest BCUT2D eigenvalue weighted by molar-refractivity contribution is -0.129. The van der Waals surface area contributed by atoms with Gasteiger partial charge in [-0.25, -0.2) is 5.06 Å². The number of nitrogens with zero attached hydrogens (tertiary/aromatic N) is 1. The van der Waals surface area contributed by atoms with E-state index in [9.17, 15) is 9.59 Å². The van der Waals surface area contributed by atoms with Gasteiger partial charge in [0.1, 0.15) is 23.0 Å². The van der Waals surface area contributed by atoms with Gasteiger partial charge in [0.25, 0.3) is 11.8 Å². The van der Waals surface area contributed by atoms with Gasteiger partial charge in [-0.15, -0.1) is 0 Å². The lowest BCUT2D eigenvalue weighted by Crippen LogP contribution is -2.40. The quantitative estimate of drug-likeness (QED) is 0.524. The van der Waals surface area contributed by atoms with Gasteiger partial charge in [-0.2, -0.15) is 0 Å². The molecule has 0 unspecified atom stereocenters. The van der Waals surface area contributed by atoms with E-state index in [4.69, 9.17) is 13.7 Å². The summed E-state index contributed by atoms with van der Waals surface area (Å²) in [5.41, 5.74) is 1.29. The zero-order valence-corrected chi connectivity index (χ0v) is 21.4. The molecule has 34 heavy (non-hydrogen) atoms. The summed E-state index contributed by atoms with van der Waals surface area (Å²) in [6.45, 7) is 7.36. The number of hydroxylamine groups is 2. The largest absolute Gasteiger partial charge is 0.466 e. The summed E-state index contributed by atoms with van der Waals surface area (Å²) < 4.78 is 10.8. The summed E-state index contributed by atoms with van der Waals surface area (Å²) in [5, 5.41) is 4.61. The van der Waals surface area contributed by atoms with Crippen LogP contribution in [0.3, 0.4) is 0 Å². The number of hydrogen-bond acceptors (Lipinski definition) is 5. The third kappa shape index (κ3) is 6.75. The van der Waals surface area contributed by atoms with Gasteiger partial charge in [0.2, 0.25) is 0 Å². The first-order valence-corrected chi connectivity index (χ1v) is 12.6. The zero-order chi connectivity index (χ0) is 24.7. The average molecular weight is 473 g/mol. The Hall–Kier alpha value is -2.54. The standard InChI is InChI=1S/C14H21NO3.C13H19NO2/c1-10-9-13(11(2)18-10)14(16)15(17-3)12-7-5-4-6-8-12;1-9-8-12(10(2)16-9)13(15)14-11-6-4-3-5-7-11/h9,12H,4-8H2,1-3H3;8,11H,3-7H2,1-2H3,(H,14,15). The smallest absolute Gasteiger partial charge is 0.281 e. The molecule has 2 fully saturated rings. The summed E-state index contributed by atoms with van der Waals surface area (Å²) >= 11 is 0. The van der Waals surface area contributed by atoms with Crippen molar-refractivity contribution in [3.05, 3.63) is 46.3 Å². The first-order chi connectivity index (χ1) is 16.3. The highest BCUT2D eigenvalue weighted by Gasteiger charge is 2.28. The van der Waals surface area contributed by atoms with Crippen LogP contribution in [0.2, 0.25) is 0 Å². The zero-order valence-electron chi connectivity index (χ0n) is 21.4. The molecule has 0 bridgehead atoms. The number of furan rings is 2. The van der Waals surface area contributed by atoms with Crippen LogP contribution in [0.1, 0.15) is 108 Å². The Labute approximate surface area is 203 Å². The molecule has 0 radical (unpaired) electrons. The number of rotatable bonds is 5. The van der Waals surface area contributed by atoms with Crippen LogP contribution < -0.4 is 5.32 Å². The lowest BCUT2D eigenvalue weighted by atomic mass is 9.95. The average Bonchev–Trinajstić information content (AvgIpc) is 3.35. The SMILES string of the molecule is CON(C(=O)c1cc(C)oc1C)C1CCCCC1.Cc1cc(C(=O)NC2CCCCC2)c(C)o1. The minimum absolute atomic E-state index is 0.0150. The molecule has 188 valence electrons. The van der Waals surface area contributed by atoms with Crippen molar-refractivity contribution >= 4 is 11.8 Å². The lowest BCUT2D eigenvalue weighted by Gasteiger charge is -2.31. The van der Waals surface area contributed by atoms with Crippen molar-refractivity contribution < 1.29 is 23.3 Å². The summed E-state index contributed by atoms with van der Waals surface area (Å²) in [5.74, 6) is 2.86. The molecule has 0 saturated heterocycles. The molecule has 2 aromatic heterocycles. The van der Waals surface area contributed by atoms with Gasteiger partial charge in [-0.05, 0) is 65.5 Å². The van der Waals surface area contributed by atoms with Crippen molar-refractivity contribution in [3.63, 3.8) is 0 Å². The number of hydrogen-bond donors (Lipinski definition) is 1. The minimum Gasteiger partial charge on any atom is -0.466 e. The maximum absolute atomic E-state index is 12.5. The normalized spacial score (nSPS) is 17.1.